The van der Waals surface area contributed by atoms with Crippen molar-refractivity contribution in [3.8, 4) is 17.2 Å². The molecule has 1 aliphatic rings. The molecule has 8 heteroatoms. The van der Waals surface area contributed by atoms with Gasteiger partial charge in [-0.3, -0.25) is 4.79 Å². The number of rotatable bonds is 5. The largest absolute Gasteiger partial charge is 0.507 e. The second-order valence-corrected chi connectivity index (χ2v) is 8.51. The van der Waals surface area contributed by atoms with E-state index >= 15 is 0 Å². The molecule has 0 unspecified atom stereocenters. The fourth-order valence-corrected chi connectivity index (χ4v) is 4.00. The van der Waals surface area contributed by atoms with E-state index in [0.717, 1.165) is 35.8 Å². The van der Waals surface area contributed by atoms with Crippen molar-refractivity contribution in [1.82, 2.24) is 0 Å². The van der Waals surface area contributed by atoms with Gasteiger partial charge < -0.3 is 24.4 Å². The van der Waals surface area contributed by atoms with Crippen LogP contribution < -0.4 is 4.74 Å². The van der Waals surface area contributed by atoms with Crippen LogP contribution in [0.15, 0.2) is 42.0 Å². The molecule has 0 spiro atoms. The van der Waals surface area contributed by atoms with E-state index in [1.807, 2.05) is 30.3 Å². The molecule has 0 atom stereocenters. The maximum absolute atomic E-state index is 12.6. The van der Waals surface area contributed by atoms with Crippen molar-refractivity contribution >= 4 is 23.4 Å². The third kappa shape index (κ3) is 6.98. The van der Waals surface area contributed by atoms with E-state index in [-0.39, 0.29) is 40.7 Å². The first-order valence-electron chi connectivity index (χ1n) is 11.2. The fourth-order valence-electron chi connectivity index (χ4n) is 3.78. The Labute approximate surface area is 203 Å². The third-order valence-corrected chi connectivity index (χ3v) is 6.02. The average molecular weight is 489 g/mol. The summed E-state index contributed by atoms with van der Waals surface area (Å²) in [5.41, 5.74) is 2.02. The number of carbonyl (C=O) groups is 2. The number of methoxy groups -OCH3 is 1. The van der Waals surface area contributed by atoms with Crippen LogP contribution in [0.4, 0.5) is 0 Å². The zero-order valence-electron chi connectivity index (χ0n) is 19.1. The molecule has 2 aromatic carbocycles. The van der Waals surface area contributed by atoms with E-state index in [0.29, 0.717) is 32.5 Å². The topological polar surface area (TPSA) is 102 Å². The Morgan fingerprint density at radius 2 is 1.76 bits per heavy atom. The molecule has 1 aliphatic heterocycles. The number of phenolic OH excluding ortho intramolecular Hbond substituents is 2. The third-order valence-electron chi connectivity index (χ3n) is 5.60. The van der Waals surface area contributed by atoms with Crippen LogP contribution in [0.25, 0.3) is 0 Å². The zero-order chi connectivity index (χ0) is 24.5. The predicted molar refractivity (Wildman–Crippen MR) is 128 cm³/mol. The summed E-state index contributed by atoms with van der Waals surface area (Å²) in [5.74, 6) is -0.993. The van der Waals surface area contributed by atoms with E-state index in [4.69, 9.17) is 25.8 Å². The van der Waals surface area contributed by atoms with E-state index in [9.17, 15) is 19.8 Å². The number of cyclic esters (lactones) is 1. The van der Waals surface area contributed by atoms with Crippen LogP contribution in [0.3, 0.4) is 0 Å². The summed E-state index contributed by atoms with van der Waals surface area (Å²) in [6.45, 7) is 0.983. The number of ether oxygens (including phenoxy) is 3. The Morgan fingerprint density at radius 3 is 2.50 bits per heavy atom. The number of Topliss-reactive ketones (excluding diaryl/α,β-unsaturated/α-hetero) is 1. The molecule has 182 valence electrons. The lowest BCUT2D eigenvalue weighted by Crippen LogP contribution is -2.14. The van der Waals surface area contributed by atoms with Gasteiger partial charge in [0, 0.05) is 24.5 Å². The van der Waals surface area contributed by atoms with Gasteiger partial charge in [-0.05, 0) is 49.0 Å². The molecule has 0 radical (unpaired) electrons. The summed E-state index contributed by atoms with van der Waals surface area (Å²) >= 11 is 6.14. The molecule has 0 aromatic heterocycles. The van der Waals surface area contributed by atoms with Crippen molar-refractivity contribution in [1.29, 1.82) is 0 Å². The van der Waals surface area contributed by atoms with Gasteiger partial charge in [0.05, 0.1) is 32.0 Å². The van der Waals surface area contributed by atoms with Gasteiger partial charge >= 0.3 is 5.97 Å². The molecule has 2 N–H and O–H groups in total. The summed E-state index contributed by atoms with van der Waals surface area (Å²) in [4.78, 5) is 25.2. The van der Waals surface area contributed by atoms with Gasteiger partial charge in [-0.2, -0.15) is 0 Å². The highest BCUT2D eigenvalue weighted by Crippen LogP contribution is 2.37. The van der Waals surface area contributed by atoms with Gasteiger partial charge in [0.2, 0.25) is 0 Å². The number of halogens is 1. The first-order valence-corrected chi connectivity index (χ1v) is 11.6. The van der Waals surface area contributed by atoms with E-state index in [2.05, 4.69) is 0 Å². The Morgan fingerprint density at radius 1 is 1.03 bits per heavy atom. The van der Waals surface area contributed by atoms with Gasteiger partial charge in [-0.25, -0.2) is 4.79 Å². The highest BCUT2D eigenvalue weighted by atomic mass is 35.5. The number of benzene rings is 2. The number of phenols is 2. The summed E-state index contributed by atoms with van der Waals surface area (Å²) in [6.07, 6.45) is 4.82. The number of fused-ring (bicyclic) bond motifs is 1. The first-order chi connectivity index (χ1) is 16.4. The molecule has 1 heterocycles. The molecule has 7 nitrogen and oxygen atoms in total. The second-order valence-electron chi connectivity index (χ2n) is 8.13. The number of ketones is 1. The maximum Gasteiger partial charge on any atom is 0.342 e. The summed E-state index contributed by atoms with van der Waals surface area (Å²) in [6, 6.07) is 8.65. The Hall–Kier alpha value is -3.03. The minimum absolute atomic E-state index is 0.0894. The number of hydrogen-bond acceptors (Lipinski definition) is 7. The van der Waals surface area contributed by atoms with Crippen molar-refractivity contribution in [3.63, 3.8) is 0 Å². The monoisotopic (exact) mass is 488 g/mol. The molecule has 3 rings (SSSR count). The van der Waals surface area contributed by atoms with Crippen LogP contribution in [0.1, 0.15) is 53.6 Å². The Balaban J connectivity index is 1.67. The normalized spacial score (nSPS) is 17.2. The van der Waals surface area contributed by atoms with Gasteiger partial charge in [0.15, 0.2) is 0 Å². The molecule has 0 bridgehead atoms. The first kappa shape index (κ1) is 25.6. The highest BCUT2D eigenvalue weighted by Gasteiger charge is 2.25. The number of esters is 1. The molecule has 0 aliphatic carbocycles. The van der Waals surface area contributed by atoms with Crippen molar-refractivity contribution in [2.75, 3.05) is 20.3 Å². The molecule has 0 fully saturated rings. The molecule has 0 saturated carbocycles. The van der Waals surface area contributed by atoms with Crippen LogP contribution in [-0.2, 0) is 27.3 Å². The number of aromatic hydroxyl groups is 2. The van der Waals surface area contributed by atoms with Crippen LogP contribution in [0.2, 0.25) is 5.02 Å². The van der Waals surface area contributed by atoms with Gasteiger partial charge in [0.25, 0.3) is 0 Å². The Kier molecular flexibility index (Phi) is 9.36. The molecular weight excluding hydrogens is 460 g/mol. The smallest absolute Gasteiger partial charge is 0.342 e. The SMILES string of the molecule is COc1ccc(COC/C2=C\CCOC(=O)c3c(O)cc(O)c(Cl)c3CC(=O)CCCC2)cc1. The lowest BCUT2D eigenvalue weighted by Gasteiger charge is -2.15. The molecular formula is C26H29ClO7. The van der Waals surface area contributed by atoms with Crippen molar-refractivity contribution in [2.45, 2.75) is 45.1 Å². The molecule has 0 saturated heterocycles. The molecule has 0 amide bonds. The number of hydrogen-bond donors (Lipinski definition) is 2. The van der Waals surface area contributed by atoms with E-state index in [1.165, 1.54) is 0 Å². The van der Waals surface area contributed by atoms with Gasteiger partial charge in [-0.15, -0.1) is 0 Å². The highest BCUT2D eigenvalue weighted by molar-refractivity contribution is 6.33. The maximum atomic E-state index is 12.6. The fraction of sp³-hybridized carbons (Fsp3) is 0.385. The van der Waals surface area contributed by atoms with Crippen LogP contribution in [0, 0.1) is 0 Å². The van der Waals surface area contributed by atoms with Gasteiger partial charge in [0.1, 0.15) is 28.6 Å². The summed E-state index contributed by atoms with van der Waals surface area (Å²) in [5, 5.41) is 20.0. The minimum Gasteiger partial charge on any atom is -0.507 e. The number of carbonyl (C=O) groups excluding carboxylic acids is 2. The van der Waals surface area contributed by atoms with Crippen LogP contribution in [0.5, 0.6) is 17.2 Å². The lowest BCUT2D eigenvalue weighted by atomic mass is 9.97. The van der Waals surface area contributed by atoms with Crippen LogP contribution >= 0.6 is 11.6 Å². The van der Waals surface area contributed by atoms with E-state index in [1.54, 1.807) is 7.11 Å². The molecule has 2 aromatic rings. The van der Waals surface area contributed by atoms with Crippen molar-refractivity contribution in [3.05, 3.63) is 63.7 Å². The van der Waals surface area contributed by atoms with Crippen molar-refractivity contribution < 1.29 is 34.0 Å². The predicted octanol–water partition coefficient (Wildman–Crippen LogP) is 5.14. The van der Waals surface area contributed by atoms with E-state index < -0.39 is 11.7 Å². The van der Waals surface area contributed by atoms with Gasteiger partial charge in [-0.1, -0.05) is 29.8 Å². The lowest BCUT2D eigenvalue weighted by molar-refractivity contribution is -0.118. The quantitative estimate of drug-likeness (QED) is 0.444. The Bertz CT molecular complexity index is 1040. The summed E-state index contributed by atoms with van der Waals surface area (Å²) in [7, 11) is 1.62. The summed E-state index contributed by atoms with van der Waals surface area (Å²) < 4.78 is 16.4. The average Bonchev–Trinajstić information content (AvgIpc) is 2.82. The zero-order valence-corrected chi connectivity index (χ0v) is 19.9. The van der Waals surface area contributed by atoms with Crippen LogP contribution in [-0.4, -0.2) is 42.3 Å². The minimum atomic E-state index is -0.787. The van der Waals surface area contributed by atoms with Crippen molar-refractivity contribution in [2.24, 2.45) is 0 Å². The molecule has 34 heavy (non-hydrogen) atoms. The standard InChI is InChI=1S/C26H29ClO7/c1-32-20-10-8-18(9-11-20)16-33-15-17-5-2-3-7-19(28)13-21-24(26(31)34-12-4-6-17)22(29)14-23(30)25(21)27/h6,8-11,14,29-30H,2-5,7,12-13,15-16H2,1H3/b17-6-. The second kappa shape index (κ2) is 12.4.